The van der Waals surface area contributed by atoms with Crippen LogP contribution >= 0.6 is 11.3 Å². The Labute approximate surface area is 117 Å². The molecule has 1 saturated heterocycles. The van der Waals surface area contributed by atoms with E-state index in [1.165, 1.54) is 9.71 Å². The van der Waals surface area contributed by atoms with Crippen molar-refractivity contribution in [3.8, 4) is 0 Å². The molecule has 2 heterocycles. The van der Waals surface area contributed by atoms with Crippen LogP contribution in [0.5, 0.6) is 0 Å². The molecule has 0 aliphatic carbocycles. The van der Waals surface area contributed by atoms with Gasteiger partial charge in [0.2, 0.25) is 0 Å². The van der Waals surface area contributed by atoms with Crippen LogP contribution in [-0.2, 0) is 6.54 Å². The predicted molar refractivity (Wildman–Crippen MR) is 79.4 cm³/mol. The highest BCUT2D eigenvalue weighted by Gasteiger charge is 2.25. The lowest BCUT2D eigenvalue weighted by atomic mass is 9.98. The van der Waals surface area contributed by atoms with E-state index in [-0.39, 0.29) is 0 Å². The zero-order valence-corrected chi connectivity index (χ0v) is 12.1. The second-order valence-corrected chi connectivity index (χ2v) is 6.82. The molecule has 0 amide bonds. The van der Waals surface area contributed by atoms with Crippen molar-refractivity contribution in [1.82, 2.24) is 9.88 Å². The first kappa shape index (κ1) is 13.0. The zero-order valence-electron chi connectivity index (χ0n) is 11.3. The van der Waals surface area contributed by atoms with E-state index in [1.54, 1.807) is 11.3 Å². The maximum absolute atomic E-state index is 10.1. The Bertz CT molecular complexity index is 531. The number of benzene rings is 1. The molecule has 1 aliphatic heterocycles. The average molecular weight is 276 g/mol. The molecule has 1 N–H and O–H groups in total. The van der Waals surface area contributed by atoms with Gasteiger partial charge in [-0.15, -0.1) is 11.3 Å². The van der Waals surface area contributed by atoms with E-state index in [4.69, 9.17) is 0 Å². The van der Waals surface area contributed by atoms with Gasteiger partial charge in [0, 0.05) is 6.54 Å². The van der Waals surface area contributed by atoms with Gasteiger partial charge in [0.05, 0.1) is 22.4 Å². The van der Waals surface area contributed by atoms with Crippen LogP contribution in [0.1, 0.15) is 31.2 Å². The lowest BCUT2D eigenvalue weighted by Crippen LogP contribution is -2.28. The number of hydrogen-bond acceptors (Lipinski definition) is 4. The van der Waals surface area contributed by atoms with Crippen LogP contribution in [0.2, 0.25) is 0 Å². The van der Waals surface area contributed by atoms with E-state index in [0.717, 1.165) is 44.4 Å². The third-order valence-corrected chi connectivity index (χ3v) is 4.87. The van der Waals surface area contributed by atoms with Gasteiger partial charge in [-0.25, -0.2) is 4.98 Å². The van der Waals surface area contributed by atoms with Crippen molar-refractivity contribution in [3.63, 3.8) is 0 Å². The summed E-state index contributed by atoms with van der Waals surface area (Å²) in [5.74, 6) is 0. The number of rotatable bonds is 2. The molecule has 1 aromatic carbocycles. The fraction of sp³-hybridized carbons (Fsp3) is 0.533. The first-order chi connectivity index (χ1) is 9.12. The van der Waals surface area contributed by atoms with Gasteiger partial charge in [-0.2, -0.15) is 0 Å². The van der Waals surface area contributed by atoms with Crippen molar-refractivity contribution in [2.24, 2.45) is 0 Å². The smallest absolute Gasteiger partial charge is 0.108 e. The van der Waals surface area contributed by atoms with Crippen molar-refractivity contribution in [3.05, 3.63) is 29.3 Å². The minimum Gasteiger partial charge on any atom is -0.390 e. The number of likely N-dealkylation sites (tertiary alicyclic amines) is 1. The third-order valence-electron chi connectivity index (χ3n) is 3.85. The molecule has 1 atom stereocenters. The molecule has 2 aromatic rings. The van der Waals surface area contributed by atoms with Gasteiger partial charge in [-0.3, -0.25) is 4.90 Å². The molecule has 0 spiro atoms. The molecule has 0 saturated carbocycles. The normalized spacial score (nSPS) is 25.6. The summed E-state index contributed by atoms with van der Waals surface area (Å²) in [7, 11) is 0. The summed E-state index contributed by atoms with van der Waals surface area (Å²) in [5, 5.41) is 11.3. The average Bonchev–Trinajstić information content (AvgIpc) is 2.69. The van der Waals surface area contributed by atoms with Crippen molar-refractivity contribution < 1.29 is 5.11 Å². The molecule has 1 aliphatic rings. The summed E-state index contributed by atoms with van der Waals surface area (Å²) >= 11 is 1.78. The Hall–Kier alpha value is -0.970. The second-order valence-electron chi connectivity index (χ2n) is 5.70. The van der Waals surface area contributed by atoms with E-state index < -0.39 is 5.60 Å². The van der Waals surface area contributed by atoms with Crippen molar-refractivity contribution in [2.45, 2.75) is 38.3 Å². The summed E-state index contributed by atoms with van der Waals surface area (Å²) in [6, 6.07) is 8.30. The molecule has 3 rings (SSSR count). The number of hydrogen-bond donors (Lipinski definition) is 1. The Kier molecular flexibility index (Phi) is 3.56. The van der Waals surface area contributed by atoms with Gasteiger partial charge in [-0.05, 0) is 44.9 Å². The molecule has 19 heavy (non-hydrogen) atoms. The monoisotopic (exact) mass is 276 g/mol. The number of nitrogens with zero attached hydrogens (tertiary/aromatic N) is 2. The highest BCUT2D eigenvalue weighted by molar-refractivity contribution is 7.18. The number of thiazole rings is 1. The van der Waals surface area contributed by atoms with Gasteiger partial charge < -0.3 is 5.11 Å². The van der Waals surface area contributed by atoms with Crippen molar-refractivity contribution in [1.29, 1.82) is 0 Å². The molecule has 1 unspecified atom stereocenters. The van der Waals surface area contributed by atoms with E-state index >= 15 is 0 Å². The van der Waals surface area contributed by atoms with Crippen LogP contribution in [0.3, 0.4) is 0 Å². The second kappa shape index (κ2) is 5.19. The molecule has 3 nitrogen and oxygen atoms in total. The van der Waals surface area contributed by atoms with Gasteiger partial charge >= 0.3 is 0 Å². The predicted octanol–water partition coefficient (Wildman–Crippen LogP) is 3.03. The maximum atomic E-state index is 10.1. The van der Waals surface area contributed by atoms with Crippen LogP contribution in [0, 0.1) is 0 Å². The lowest BCUT2D eigenvalue weighted by Gasteiger charge is -2.21. The standard InChI is InChI=1S/C15H20N2OS/c1-15(18)7-4-9-17(10-8-15)11-14-16-12-5-2-3-6-13(12)19-14/h2-3,5-6,18H,4,7-11H2,1H3. The van der Waals surface area contributed by atoms with Crippen LogP contribution in [0.4, 0.5) is 0 Å². The number of aromatic nitrogens is 1. The molecule has 0 radical (unpaired) electrons. The fourth-order valence-electron chi connectivity index (χ4n) is 2.66. The van der Waals surface area contributed by atoms with Gasteiger partial charge in [0.25, 0.3) is 0 Å². The summed E-state index contributed by atoms with van der Waals surface area (Å²) in [4.78, 5) is 7.10. The van der Waals surface area contributed by atoms with Gasteiger partial charge in [0.15, 0.2) is 0 Å². The van der Waals surface area contributed by atoms with Crippen molar-refractivity contribution >= 4 is 21.6 Å². The van der Waals surface area contributed by atoms with Crippen LogP contribution in [-0.4, -0.2) is 33.7 Å². The number of aliphatic hydroxyl groups is 1. The zero-order chi connectivity index (χ0) is 13.3. The maximum Gasteiger partial charge on any atom is 0.108 e. The van der Waals surface area contributed by atoms with Crippen LogP contribution in [0.25, 0.3) is 10.2 Å². The molecule has 0 bridgehead atoms. The summed E-state index contributed by atoms with van der Waals surface area (Å²) in [5.41, 5.74) is 0.617. The molecular weight excluding hydrogens is 256 g/mol. The van der Waals surface area contributed by atoms with Crippen LogP contribution in [0.15, 0.2) is 24.3 Å². The van der Waals surface area contributed by atoms with Gasteiger partial charge in [-0.1, -0.05) is 12.1 Å². The van der Waals surface area contributed by atoms with Crippen molar-refractivity contribution in [2.75, 3.05) is 13.1 Å². The van der Waals surface area contributed by atoms with Gasteiger partial charge in [0.1, 0.15) is 5.01 Å². The topological polar surface area (TPSA) is 36.4 Å². The Morgan fingerprint density at radius 3 is 3.00 bits per heavy atom. The fourth-order valence-corrected chi connectivity index (χ4v) is 3.67. The number of fused-ring (bicyclic) bond motifs is 1. The lowest BCUT2D eigenvalue weighted by molar-refractivity contribution is 0.0444. The summed E-state index contributed by atoms with van der Waals surface area (Å²) in [6.45, 7) is 4.89. The van der Waals surface area contributed by atoms with E-state index in [1.807, 2.05) is 13.0 Å². The summed E-state index contributed by atoms with van der Waals surface area (Å²) in [6.07, 6.45) is 2.83. The van der Waals surface area contributed by atoms with E-state index in [2.05, 4.69) is 28.1 Å². The first-order valence-corrected chi connectivity index (χ1v) is 7.73. The molecular formula is C15H20N2OS. The Morgan fingerprint density at radius 1 is 1.32 bits per heavy atom. The molecule has 1 fully saturated rings. The quantitative estimate of drug-likeness (QED) is 0.916. The third kappa shape index (κ3) is 3.14. The highest BCUT2D eigenvalue weighted by Crippen LogP contribution is 2.25. The number of para-hydroxylation sites is 1. The van der Waals surface area contributed by atoms with E-state index in [9.17, 15) is 5.11 Å². The Morgan fingerprint density at radius 2 is 2.16 bits per heavy atom. The largest absolute Gasteiger partial charge is 0.390 e. The minimum absolute atomic E-state index is 0.484. The van der Waals surface area contributed by atoms with Crippen LogP contribution < -0.4 is 0 Å². The first-order valence-electron chi connectivity index (χ1n) is 6.92. The molecule has 1 aromatic heterocycles. The summed E-state index contributed by atoms with van der Waals surface area (Å²) < 4.78 is 1.26. The minimum atomic E-state index is -0.484. The van der Waals surface area contributed by atoms with E-state index in [0.29, 0.717) is 0 Å². The Balaban J connectivity index is 1.70. The molecule has 102 valence electrons. The molecule has 4 heteroatoms. The highest BCUT2D eigenvalue weighted by atomic mass is 32.1. The SMILES string of the molecule is CC1(O)CCCN(Cc2nc3ccccc3s2)CC1.